The van der Waals surface area contributed by atoms with Crippen LogP contribution in [0.15, 0.2) is 53.9 Å². The van der Waals surface area contributed by atoms with Gasteiger partial charge < -0.3 is 4.74 Å². The summed E-state index contributed by atoms with van der Waals surface area (Å²) in [6.07, 6.45) is 4.34. The number of aromatic nitrogens is 2. The molecule has 1 atom stereocenters. The number of benzene rings is 2. The summed E-state index contributed by atoms with van der Waals surface area (Å²) in [5.74, 6) is 0. The average molecular weight is 366 g/mol. The lowest BCUT2D eigenvalue weighted by atomic mass is 10.1. The summed E-state index contributed by atoms with van der Waals surface area (Å²) in [6, 6.07) is 16.4. The molecular weight excluding hydrogens is 340 g/mol. The molecule has 1 unspecified atom stereocenters. The predicted molar refractivity (Wildman–Crippen MR) is 113 cm³/mol. The first-order chi connectivity index (χ1) is 12.4. The number of aryl methyl sites for hydroxylation is 1. The fraction of sp³-hybridized carbons (Fsp3) is 0.273. The Bertz CT molecular complexity index is 936. The van der Waals surface area contributed by atoms with Gasteiger partial charge in [0, 0.05) is 37.4 Å². The minimum Gasteiger partial charge on any atom is -0.335 e. The third kappa shape index (κ3) is 3.97. The molecule has 2 aromatic carbocycles. The first kappa shape index (κ1) is 18.6. The van der Waals surface area contributed by atoms with Gasteiger partial charge in [0.15, 0.2) is 0 Å². The number of hydrogen-bond donors (Lipinski definition) is 0. The molecule has 3 rings (SSSR count). The number of nitrogens with zero attached hydrogens (tertiary/aromatic N) is 2. The Morgan fingerprint density at radius 3 is 2.42 bits per heavy atom. The second kappa shape index (κ2) is 7.60. The maximum atomic E-state index is 5.57. The highest BCUT2D eigenvalue weighted by molar-refractivity contribution is 8.00. The molecule has 1 aromatic heterocycles. The fourth-order valence-electron chi connectivity index (χ4n) is 2.61. The first-order valence-electron chi connectivity index (χ1n) is 8.63. The normalized spacial score (nSPS) is 13.4. The number of fused-ring (bicyclic) bond motifs is 1. The van der Waals surface area contributed by atoms with Gasteiger partial charge in [-0.2, -0.15) is 0 Å². The van der Waals surface area contributed by atoms with E-state index in [4.69, 9.17) is 14.7 Å². The number of hydrogen-bond acceptors (Lipinski definition) is 3. The van der Waals surface area contributed by atoms with E-state index in [0.29, 0.717) is 0 Å². The Morgan fingerprint density at radius 2 is 1.73 bits per heavy atom. The molecular formula is C22H25N2OS+. The maximum absolute atomic E-state index is 5.57. The van der Waals surface area contributed by atoms with Gasteiger partial charge in [0.05, 0.1) is 22.4 Å². The highest BCUT2D eigenvalue weighted by Gasteiger charge is 2.32. The predicted octanol–water partition coefficient (Wildman–Crippen LogP) is 5.21. The molecule has 0 saturated heterocycles. The SMILES string of the molecule is COC(C)(C)[S+](C)/C=C/c1ccc2nc(-c3ccccc3)c(C)nc2c1. The van der Waals surface area contributed by atoms with Crippen LogP contribution in [0.4, 0.5) is 0 Å². The number of ether oxygens (including phenoxy) is 1. The van der Waals surface area contributed by atoms with E-state index in [0.717, 1.165) is 33.5 Å². The second-order valence-corrected chi connectivity index (χ2v) is 9.11. The van der Waals surface area contributed by atoms with Crippen molar-refractivity contribution in [3.8, 4) is 11.3 Å². The van der Waals surface area contributed by atoms with Crippen molar-refractivity contribution in [2.24, 2.45) is 0 Å². The minimum atomic E-state index is -0.158. The summed E-state index contributed by atoms with van der Waals surface area (Å²) in [5, 5.41) is 2.21. The summed E-state index contributed by atoms with van der Waals surface area (Å²) in [4.78, 5) is 9.46. The van der Waals surface area contributed by atoms with Crippen molar-refractivity contribution in [1.29, 1.82) is 0 Å². The van der Waals surface area contributed by atoms with Crippen LogP contribution < -0.4 is 0 Å². The van der Waals surface area contributed by atoms with E-state index in [-0.39, 0.29) is 15.8 Å². The molecule has 134 valence electrons. The molecule has 0 aliphatic carbocycles. The third-order valence-corrected chi connectivity index (χ3v) is 6.90. The molecule has 4 heteroatoms. The average Bonchev–Trinajstić information content (AvgIpc) is 2.66. The van der Waals surface area contributed by atoms with Crippen LogP contribution in [0.5, 0.6) is 0 Å². The molecule has 0 radical (unpaired) electrons. The molecule has 0 aliphatic heterocycles. The van der Waals surface area contributed by atoms with Crippen LogP contribution in [-0.4, -0.2) is 28.3 Å². The quantitative estimate of drug-likeness (QED) is 0.582. The lowest BCUT2D eigenvalue weighted by molar-refractivity contribution is 0.101. The van der Waals surface area contributed by atoms with E-state index in [2.05, 4.69) is 55.9 Å². The highest BCUT2D eigenvalue weighted by atomic mass is 32.2. The maximum Gasteiger partial charge on any atom is 0.226 e. The summed E-state index contributed by atoms with van der Waals surface area (Å²) >= 11 is 0. The molecule has 0 bridgehead atoms. The zero-order valence-corrected chi connectivity index (χ0v) is 16.8. The monoisotopic (exact) mass is 365 g/mol. The summed E-state index contributed by atoms with van der Waals surface area (Å²) in [7, 11) is 1.77. The first-order valence-corrected chi connectivity index (χ1v) is 10.3. The zero-order valence-electron chi connectivity index (χ0n) is 16.0. The third-order valence-electron chi connectivity index (χ3n) is 4.64. The van der Waals surface area contributed by atoms with Crippen LogP contribution in [0, 0.1) is 6.92 Å². The van der Waals surface area contributed by atoms with Gasteiger partial charge in [-0.25, -0.2) is 9.97 Å². The van der Waals surface area contributed by atoms with Gasteiger partial charge in [-0.1, -0.05) is 36.4 Å². The second-order valence-electron chi connectivity index (χ2n) is 6.74. The van der Waals surface area contributed by atoms with Crippen LogP contribution in [0.2, 0.25) is 0 Å². The molecule has 0 spiro atoms. The van der Waals surface area contributed by atoms with Crippen LogP contribution in [-0.2, 0) is 15.6 Å². The number of methoxy groups -OCH3 is 1. The van der Waals surface area contributed by atoms with Crippen molar-refractivity contribution in [3.05, 3.63) is 65.2 Å². The van der Waals surface area contributed by atoms with Crippen LogP contribution >= 0.6 is 0 Å². The Labute approximate surface area is 158 Å². The van der Waals surface area contributed by atoms with Crippen molar-refractivity contribution < 1.29 is 4.74 Å². The van der Waals surface area contributed by atoms with Gasteiger partial charge in [-0.3, -0.25) is 0 Å². The van der Waals surface area contributed by atoms with Gasteiger partial charge in [-0.15, -0.1) is 0 Å². The van der Waals surface area contributed by atoms with Gasteiger partial charge in [0.1, 0.15) is 11.7 Å². The van der Waals surface area contributed by atoms with E-state index in [1.165, 1.54) is 0 Å². The van der Waals surface area contributed by atoms with Gasteiger partial charge >= 0.3 is 0 Å². The van der Waals surface area contributed by atoms with Crippen molar-refractivity contribution in [1.82, 2.24) is 9.97 Å². The molecule has 26 heavy (non-hydrogen) atoms. The molecule has 1 heterocycles. The molecule has 0 aliphatic rings. The van der Waals surface area contributed by atoms with Gasteiger partial charge in [-0.05, 0) is 30.7 Å². The molecule has 0 fully saturated rings. The van der Waals surface area contributed by atoms with E-state index in [1.807, 2.05) is 31.2 Å². The lowest BCUT2D eigenvalue weighted by Crippen LogP contribution is -2.31. The van der Waals surface area contributed by atoms with Crippen molar-refractivity contribution in [2.75, 3.05) is 13.4 Å². The molecule has 3 aromatic rings. The summed E-state index contributed by atoms with van der Waals surface area (Å²) < 4.78 is 5.57. The highest BCUT2D eigenvalue weighted by Crippen LogP contribution is 2.24. The van der Waals surface area contributed by atoms with Crippen LogP contribution in [0.25, 0.3) is 28.4 Å². The molecule has 0 saturated carbocycles. The molecule has 0 amide bonds. The zero-order chi connectivity index (χ0) is 18.7. The van der Waals surface area contributed by atoms with Crippen molar-refractivity contribution in [3.63, 3.8) is 0 Å². The summed E-state index contributed by atoms with van der Waals surface area (Å²) in [5.41, 5.74) is 5.95. The van der Waals surface area contributed by atoms with E-state index < -0.39 is 0 Å². The minimum absolute atomic E-state index is 0.0136. The summed E-state index contributed by atoms with van der Waals surface area (Å²) in [6.45, 7) is 6.24. The Hall–Kier alpha value is -2.17. The topological polar surface area (TPSA) is 35.0 Å². The largest absolute Gasteiger partial charge is 0.335 e. The Kier molecular flexibility index (Phi) is 5.44. The fourth-order valence-corrected chi connectivity index (χ4v) is 3.56. The van der Waals surface area contributed by atoms with Crippen LogP contribution in [0.1, 0.15) is 25.1 Å². The smallest absolute Gasteiger partial charge is 0.226 e. The van der Waals surface area contributed by atoms with Crippen LogP contribution in [0.3, 0.4) is 0 Å². The van der Waals surface area contributed by atoms with E-state index >= 15 is 0 Å². The van der Waals surface area contributed by atoms with Gasteiger partial charge in [0.25, 0.3) is 0 Å². The molecule has 0 N–H and O–H groups in total. The van der Waals surface area contributed by atoms with E-state index in [1.54, 1.807) is 7.11 Å². The number of rotatable bonds is 5. The standard InChI is InChI=1S/C22H25N2OS/c1-16-21(18-9-7-6-8-10-18)24-19-12-11-17(15-20(19)23-16)13-14-26(5)22(2,3)25-4/h6-15H,1-5H3/q+1/b14-13+. The van der Waals surface area contributed by atoms with Crippen molar-refractivity contribution >= 4 is 28.0 Å². The Balaban J connectivity index is 1.93. The Morgan fingerprint density at radius 1 is 1.00 bits per heavy atom. The molecule has 3 nitrogen and oxygen atoms in total. The van der Waals surface area contributed by atoms with Gasteiger partial charge in [0.2, 0.25) is 4.93 Å². The lowest BCUT2D eigenvalue weighted by Gasteiger charge is -2.18. The van der Waals surface area contributed by atoms with Crippen molar-refractivity contribution in [2.45, 2.75) is 25.7 Å². The van der Waals surface area contributed by atoms with E-state index in [9.17, 15) is 0 Å².